The smallest absolute Gasteiger partial charge is 0.164 e. The van der Waals surface area contributed by atoms with Crippen molar-refractivity contribution in [3.63, 3.8) is 0 Å². The monoisotopic (exact) mass is 728 g/mol. The van der Waals surface area contributed by atoms with Crippen LogP contribution in [0.15, 0.2) is 66.3 Å². The normalized spacial score (nSPS) is 12.8. The number of pyridine rings is 1. The van der Waals surface area contributed by atoms with Gasteiger partial charge in [0, 0.05) is 17.0 Å². The van der Waals surface area contributed by atoms with E-state index >= 15 is 0 Å². The van der Waals surface area contributed by atoms with Gasteiger partial charge in [-0.1, -0.05) is 136 Å². The summed E-state index contributed by atoms with van der Waals surface area (Å²) in [5.74, 6) is 0.125. The number of rotatable bonds is 13. The average Bonchev–Trinajstić information content (AvgIpc) is 3.10. The zero-order chi connectivity index (χ0) is 40.2. The van der Waals surface area contributed by atoms with Gasteiger partial charge in [0.05, 0.1) is 10.7 Å². The fourth-order valence-electron chi connectivity index (χ4n) is 3.85. The maximum absolute atomic E-state index is 14.2. The van der Waals surface area contributed by atoms with Gasteiger partial charge >= 0.3 is 0 Å². The molecule has 1 heterocycles. The molecule has 1 aromatic carbocycles. The number of unbranched alkanes of at least 4 members (excludes halogenated alkanes) is 1. The molecule has 0 aliphatic heterocycles. The number of benzene rings is 1. The Morgan fingerprint density at radius 3 is 1.98 bits per heavy atom. The number of carbonyl (C=O) groups is 2. The van der Waals surface area contributed by atoms with Crippen LogP contribution in [0.25, 0.3) is 17.3 Å². The highest BCUT2D eigenvalue weighted by molar-refractivity contribution is 6.30. The van der Waals surface area contributed by atoms with Crippen molar-refractivity contribution in [2.45, 2.75) is 153 Å². The van der Waals surface area contributed by atoms with Crippen molar-refractivity contribution in [1.82, 2.24) is 4.98 Å². The van der Waals surface area contributed by atoms with E-state index in [1.807, 2.05) is 53.7 Å². The third-order valence-electron chi connectivity index (χ3n) is 7.81. The zero-order valence-electron chi connectivity index (χ0n) is 34.8. The second-order valence-corrected chi connectivity index (χ2v) is 13.7. The summed E-state index contributed by atoms with van der Waals surface area (Å²) in [5.41, 5.74) is 4.21. The van der Waals surface area contributed by atoms with Crippen LogP contribution >= 0.6 is 11.6 Å². The van der Waals surface area contributed by atoms with Crippen molar-refractivity contribution in [2.24, 2.45) is 5.92 Å². The number of hydrogen-bond acceptors (Lipinski definition) is 4. The lowest BCUT2D eigenvalue weighted by molar-refractivity contribution is -0.124. The zero-order valence-corrected chi connectivity index (χ0v) is 35.6. The molecule has 0 saturated carbocycles. The van der Waals surface area contributed by atoms with Crippen LogP contribution in [0.1, 0.15) is 154 Å². The van der Waals surface area contributed by atoms with Crippen LogP contribution in [-0.4, -0.2) is 23.2 Å². The highest BCUT2D eigenvalue weighted by Crippen LogP contribution is 2.40. The summed E-state index contributed by atoms with van der Waals surface area (Å²) in [5, 5.41) is 0.0723. The Morgan fingerprint density at radius 1 is 1.00 bits per heavy atom. The maximum atomic E-state index is 14.2. The first-order valence-electron chi connectivity index (χ1n) is 18.7. The molecular formula is C45H71ClFNO3. The third kappa shape index (κ3) is 21.6. The number of carbonyl (C=O) groups excluding carboxylic acids is 2. The quantitative estimate of drug-likeness (QED) is 0.117. The molecule has 288 valence electrons. The van der Waals surface area contributed by atoms with Gasteiger partial charge in [-0.25, -0.2) is 9.37 Å². The highest BCUT2D eigenvalue weighted by atomic mass is 35.5. The fourth-order valence-corrected chi connectivity index (χ4v) is 3.97. The minimum Gasteiger partial charge on any atom is -0.477 e. The SMILES string of the molecule is C=C(C)CC.CC.CC/C=C/C=C(/C)CC.CC=O.CCC/C=C/c1nc(-c2ccc(Cl)c(F)c2)cc(C(C)(C)C)c1OC(C)(C=O)C(C)CC. The Hall–Kier alpha value is -3.31. The summed E-state index contributed by atoms with van der Waals surface area (Å²) < 4.78 is 20.7. The Kier molecular flexibility index (Phi) is 29.9. The van der Waals surface area contributed by atoms with Crippen molar-refractivity contribution in [2.75, 3.05) is 0 Å². The molecule has 0 spiro atoms. The van der Waals surface area contributed by atoms with E-state index in [0.717, 1.165) is 56.7 Å². The predicted molar refractivity (Wildman–Crippen MR) is 224 cm³/mol. The molecule has 0 saturated heterocycles. The molecule has 0 bridgehead atoms. The molecule has 2 atom stereocenters. The van der Waals surface area contributed by atoms with Crippen LogP contribution in [0.3, 0.4) is 0 Å². The van der Waals surface area contributed by atoms with Gasteiger partial charge in [-0.05, 0) is 89.5 Å². The van der Waals surface area contributed by atoms with Gasteiger partial charge in [0.25, 0.3) is 0 Å². The van der Waals surface area contributed by atoms with E-state index in [-0.39, 0.29) is 16.4 Å². The van der Waals surface area contributed by atoms with Crippen LogP contribution in [0, 0.1) is 11.7 Å². The number of aldehydes is 2. The van der Waals surface area contributed by atoms with Gasteiger partial charge in [-0.15, -0.1) is 6.58 Å². The average molecular weight is 729 g/mol. The van der Waals surface area contributed by atoms with Crippen LogP contribution in [0.2, 0.25) is 5.02 Å². The van der Waals surface area contributed by atoms with Gasteiger partial charge in [-0.3, -0.25) is 4.79 Å². The van der Waals surface area contributed by atoms with Gasteiger partial charge < -0.3 is 9.53 Å². The van der Waals surface area contributed by atoms with Gasteiger partial charge in [-0.2, -0.15) is 0 Å². The number of ether oxygens (including phenoxy) is 1. The van der Waals surface area contributed by atoms with Crippen molar-refractivity contribution in [1.29, 1.82) is 0 Å². The molecule has 51 heavy (non-hydrogen) atoms. The van der Waals surface area contributed by atoms with Crippen LogP contribution in [0.4, 0.5) is 4.39 Å². The molecule has 6 heteroatoms. The predicted octanol–water partition coefficient (Wildman–Crippen LogP) is 14.5. The molecule has 0 fully saturated rings. The van der Waals surface area contributed by atoms with Gasteiger partial charge in [0.15, 0.2) is 11.9 Å². The lowest BCUT2D eigenvalue weighted by atomic mass is 9.84. The Labute approximate surface area is 317 Å². The topological polar surface area (TPSA) is 56.3 Å². The number of allylic oxidation sites excluding steroid dienone is 6. The lowest BCUT2D eigenvalue weighted by Crippen LogP contribution is -2.42. The van der Waals surface area contributed by atoms with E-state index in [1.54, 1.807) is 6.07 Å². The second kappa shape index (κ2) is 29.3. The van der Waals surface area contributed by atoms with E-state index in [2.05, 4.69) is 86.3 Å². The summed E-state index contributed by atoms with van der Waals surface area (Å²) in [6.45, 7) is 34.0. The van der Waals surface area contributed by atoms with Crippen molar-refractivity contribution < 1.29 is 18.7 Å². The molecule has 1 aromatic heterocycles. The molecule has 0 aliphatic rings. The van der Waals surface area contributed by atoms with E-state index < -0.39 is 11.4 Å². The minimum atomic E-state index is -0.988. The molecule has 2 unspecified atom stereocenters. The van der Waals surface area contributed by atoms with Crippen molar-refractivity contribution in [3.05, 3.63) is 88.4 Å². The summed E-state index contributed by atoms with van der Waals surface area (Å²) in [4.78, 5) is 25.7. The highest BCUT2D eigenvalue weighted by Gasteiger charge is 2.35. The molecule has 0 N–H and O–H groups in total. The van der Waals surface area contributed by atoms with Gasteiger partial charge in [0.2, 0.25) is 0 Å². The minimum absolute atomic E-state index is 0.0188. The fraction of sp³-hybridized carbons (Fsp3) is 0.533. The van der Waals surface area contributed by atoms with E-state index in [4.69, 9.17) is 26.1 Å². The van der Waals surface area contributed by atoms with Crippen LogP contribution in [0.5, 0.6) is 5.75 Å². The lowest BCUT2D eigenvalue weighted by Gasteiger charge is -2.34. The number of halogens is 2. The molecule has 0 radical (unpaired) electrons. The molecule has 0 aliphatic carbocycles. The first-order chi connectivity index (χ1) is 24.0. The first kappa shape index (κ1) is 52.1. The summed E-state index contributed by atoms with van der Waals surface area (Å²) in [6.07, 6.45) is 18.2. The Morgan fingerprint density at radius 2 is 1.57 bits per heavy atom. The third-order valence-corrected chi connectivity index (χ3v) is 8.12. The standard InChI is InChI=1S/C27H35ClFNO2.C9H16.C5H10.C2H4O.C2H6/c1-8-10-11-12-23-25(32-27(7,17-31)18(3)9-2)20(26(4,5)6)16-24(30-23)19-13-14-21(28)22(29)15-19;1-4-6-7-8-9(3)5-2;1-4-5(2)3;1-2-3;1-2/h11-18H,8-10H2,1-7H3;6-8H,4-5H2,1-3H3;2,4H2,1,3H3;2H,1H3;1-2H3/b12-11+;7-6+,9-8-;;;. The van der Waals surface area contributed by atoms with Crippen LogP contribution < -0.4 is 4.74 Å². The Bertz CT molecular complexity index is 1370. The van der Waals surface area contributed by atoms with E-state index in [1.165, 1.54) is 30.2 Å². The van der Waals surface area contributed by atoms with Gasteiger partial charge in [0.1, 0.15) is 23.5 Å². The molecule has 0 amide bonds. The molecule has 4 nitrogen and oxygen atoms in total. The summed E-state index contributed by atoms with van der Waals surface area (Å²) >= 11 is 5.89. The maximum Gasteiger partial charge on any atom is 0.164 e. The van der Waals surface area contributed by atoms with Crippen molar-refractivity contribution >= 4 is 30.2 Å². The summed E-state index contributed by atoms with van der Waals surface area (Å²) in [6, 6.07) is 6.62. The second-order valence-electron chi connectivity index (χ2n) is 13.3. The number of nitrogens with zero attached hydrogens (tertiary/aromatic N) is 1. The number of hydrogen-bond donors (Lipinski definition) is 0. The van der Waals surface area contributed by atoms with E-state index in [0.29, 0.717) is 22.7 Å². The largest absolute Gasteiger partial charge is 0.477 e. The molecule has 2 rings (SSSR count). The summed E-state index contributed by atoms with van der Waals surface area (Å²) in [7, 11) is 0. The van der Waals surface area contributed by atoms with Crippen LogP contribution in [-0.2, 0) is 15.0 Å². The first-order valence-corrected chi connectivity index (χ1v) is 19.0. The van der Waals surface area contributed by atoms with Crippen molar-refractivity contribution in [3.8, 4) is 17.0 Å². The molecular weight excluding hydrogens is 657 g/mol. The number of aromatic nitrogens is 1. The van der Waals surface area contributed by atoms with E-state index in [9.17, 15) is 9.18 Å². The Balaban J connectivity index is -0.000000997. The molecule has 2 aromatic rings.